The molecular weight excluding hydrogens is 410 g/mol. The Hall–Kier alpha value is -2.87. The Labute approximate surface area is 171 Å². The van der Waals surface area contributed by atoms with Gasteiger partial charge in [-0.3, -0.25) is 28.8 Å². The third kappa shape index (κ3) is 11.5. The molecule has 14 heteroatoms. The van der Waals surface area contributed by atoms with Crippen LogP contribution in [0.3, 0.4) is 0 Å². The van der Waals surface area contributed by atoms with Crippen LogP contribution >= 0.6 is 12.6 Å². The van der Waals surface area contributed by atoms with E-state index in [4.69, 9.17) is 21.7 Å². The molecule has 164 valence electrons. The van der Waals surface area contributed by atoms with Gasteiger partial charge in [0.15, 0.2) is 0 Å². The monoisotopic (exact) mass is 435 g/mol. The van der Waals surface area contributed by atoms with Gasteiger partial charge in [0.05, 0.1) is 6.04 Å². The lowest BCUT2D eigenvalue weighted by Crippen LogP contribution is -2.56. The lowest BCUT2D eigenvalue weighted by molar-refractivity contribution is -0.138. The summed E-state index contributed by atoms with van der Waals surface area (Å²) in [7, 11) is 0. The van der Waals surface area contributed by atoms with Crippen molar-refractivity contribution in [2.45, 2.75) is 43.8 Å². The van der Waals surface area contributed by atoms with Crippen molar-refractivity contribution in [2.24, 2.45) is 11.5 Å². The summed E-state index contributed by atoms with van der Waals surface area (Å²) in [6.07, 6.45) is -1.01. The molecule has 3 atom stereocenters. The van der Waals surface area contributed by atoms with Crippen LogP contribution in [-0.4, -0.2) is 76.2 Å². The summed E-state index contributed by atoms with van der Waals surface area (Å²) in [5, 5.41) is 24.0. The molecule has 0 aliphatic heterocycles. The summed E-state index contributed by atoms with van der Waals surface area (Å²) in [5.41, 5.74) is 10.6. The highest BCUT2D eigenvalue weighted by Gasteiger charge is 2.28. The van der Waals surface area contributed by atoms with Crippen LogP contribution < -0.4 is 27.4 Å². The number of nitrogens with one attached hydrogen (secondary N) is 3. The standard InChI is InChI=1S/C15H25N5O8S/c16-7(1-3-10(17)21)13(26)19-8(2-4-11(22)23)15(28)20-9(6-29)14(27)18-5-12(24)25/h7-9,29H,1-6,16H2,(H2,17,21)(H,18,27)(H,19,26)(H,20,28)(H,22,23)(H,24,25). The van der Waals surface area contributed by atoms with Crippen molar-refractivity contribution in [3.63, 3.8) is 0 Å². The first kappa shape index (κ1) is 26.1. The van der Waals surface area contributed by atoms with E-state index in [1.54, 1.807) is 0 Å². The van der Waals surface area contributed by atoms with Gasteiger partial charge in [0.1, 0.15) is 18.6 Å². The van der Waals surface area contributed by atoms with Gasteiger partial charge < -0.3 is 37.6 Å². The summed E-state index contributed by atoms with van der Waals surface area (Å²) >= 11 is 3.91. The number of primary amides is 1. The number of carbonyl (C=O) groups excluding carboxylic acids is 4. The Morgan fingerprint density at radius 3 is 1.90 bits per heavy atom. The topological polar surface area (TPSA) is 231 Å². The van der Waals surface area contributed by atoms with Crippen LogP contribution in [0.1, 0.15) is 25.7 Å². The van der Waals surface area contributed by atoms with Crippen molar-refractivity contribution in [1.29, 1.82) is 0 Å². The quantitative estimate of drug-likeness (QED) is 0.127. The minimum Gasteiger partial charge on any atom is -0.481 e. The molecule has 9 N–H and O–H groups in total. The van der Waals surface area contributed by atoms with E-state index in [0.717, 1.165) is 0 Å². The molecule has 0 saturated heterocycles. The van der Waals surface area contributed by atoms with Crippen LogP contribution in [0.5, 0.6) is 0 Å². The van der Waals surface area contributed by atoms with Crippen LogP contribution in [0.2, 0.25) is 0 Å². The van der Waals surface area contributed by atoms with Crippen molar-refractivity contribution in [2.75, 3.05) is 12.3 Å². The van der Waals surface area contributed by atoms with E-state index in [1.165, 1.54) is 0 Å². The Balaban J connectivity index is 5.07. The molecule has 0 aliphatic carbocycles. The number of aliphatic carboxylic acids is 2. The predicted octanol–water partition coefficient (Wildman–Crippen LogP) is -3.46. The van der Waals surface area contributed by atoms with E-state index in [9.17, 15) is 28.8 Å². The minimum atomic E-state index is -1.34. The normalized spacial score (nSPS) is 13.4. The molecule has 0 aromatic heterocycles. The fourth-order valence-electron chi connectivity index (χ4n) is 2.00. The molecule has 0 fully saturated rings. The van der Waals surface area contributed by atoms with Gasteiger partial charge in [-0.1, -0.05) is 0 Å². The second-order valence-corrected chi connectivity index (χ2v) is 6.33. The molecule has 0 aromatic carbocycles. The van der Waals surface area contributed by atoms with Crippen LogP contribution in [0, 0.1) is 0 Å². The number of hydrogen-bond donors (Lipinski definition) is 8. The smallest absolute Gasteiger partial charge is 0.322 e. The first-order valence-corrected chi connectivity index (χ1v) is 9.07. The van der Waals surface area contributed by atoms with Crippen molar-refractivity contribution >= 4 is 48.2 Å². The molecule has 0 heterocycles. The molecule has 0 aromatic rings. The van der Waals surface area contributed by atoms with Crippen LogP contribution in [0.25, 0.3) is 0 Å². The van der Waals surface area contributed by atoms with Crippen molar-refractivity contribution in [1.82, 2.24) is 16.0 Å². The lowest BCUT2D eigenvalue weighted by Gasteiger charge is -2.23. The molecule has 0 aliphatic rings. The minimum absolute atomic E-state index is 0.0781. The third-order valence-electron chi connectivity index (χ3n) is 3.55. The fraction of sp³-hybridized carbons (Fsp3) is 0.600. The molecule has 0 rings (SSSR count). The Kier molecular flexibility index (Phi) is 12.0. The first-order chi connectivity index (χ1) is 13.5. The SMILES string of the molecule is NC(=O)CCC(N)C(=O)NC(CCC(=O)O)C(=O)NC(CS)C(=O)NCC(=O)O. The van der Waals surface area contributed by atoms with Gasteiger partial charge in [-0.05, 0) is 12.8 Å². The number of amides is 4. The highest BCUT2D eigenvalue weighted by atomic mass is 32.1. The number of thiol groups is 1. The van der Waals surface area contributed by atoms with E-state index >= 15 is 0 Å². The van der Waals surface area contributed by atoms with Gasteiger partial charge in [0.25, 0.3) is 0 Å². The van der Waals surface area contributed by atoms with Crippen molar-refractivity contribution in [3.8, 4) is 0 Å². The predicted molar refractivity (Wildman–Crippen MR) is 102 cm³/mol. The zero-order chi connectivity index (χ0) is 22.6. The maximum Gasteiger partial charge on any atom is 0.322 e. The number of hydrogen-bond acceptors (Lipinski definition) is 8. The van der Waals surface area contributed by atoms with E-state index in [-0.39, 0.29) is 25.0 Å². The zero-order valence-corrected chi connectivity index (χ0v) is 16.3. The average molecular weight is 435 g/mol. The second kappa shape index (κ2) is 13.3. The highest BCUT2D eigenvalue weighted by Crippen LogP contribution is 2.02. The molecule has 0 saturated carbocycles. The Bertz CT molecular complexity index is 644. The number of nitrogens with two attached hydrogens (primary N) is 2. The number of rotatable bonds is 14. The molecule has 13 nitrogen and oxygen atoms in total. The maximum atomic E-state index is 12.4. The summed E-state index contributed by atoms with van der Waals surface area (Å²) < 4.78 is 0. The molecule has 0 radical (unpaired) electrons. The van der Waals surface area contributed by atoms with Crippen molar-refractivity contribution in [3.05, 3.63) is 0 Å². The van der Waals surface area contributed by atoms with Crippen LogP contribution in [0.4, 0.5) is 0 Å². The van der Waals surface area contributed by atoms with E-state index in [2.05, 4.69) is 28.6 Å². The van der Waals surface area contributed by atoms with Gasteiger partial charge in [0.2, 0.25) is 23.6 Å². The van der Waals surface area contributed by atoms with E-state index in [1.807, 2.05) is 0 Å². The molecular formula is C15H25N5O8S. The molecule has 4 amide bonds. The van der Waals surface area contributed by atoms with E-state index in [0.29, 0.717) is 0 Å². The number of carboxylic acids is 2. The summed E-state index contributed by atoms with van der Waals surface area (Å²) in [4.78, 5) is 68.5. The molecule has 0 bridgehead atoms. The Morgan fingerprint density at radius 1 is 0.828 bits per heavy atom. The average Bonchev–Trinajstić information content (AvgIpc) is 2.64. The van der Waals surface area contributed by atoms with Crippen molar-refractivity contribution < 1.29 is 39.0 Å². The Morgan fingerprint density at radius 2 is 1.41 bits per heavy atom. The third-order valence-corrected chi connectivity index (χ3v) is 3.91. The fourth-order valence-corrected chi connectivity index (χ4v) is 2.25. The first-order valence-electron chi connectivity index (χ1n) is 8.44. The van der Waals surface area contributed by atoms with Gasteiger partial charge in [-0.25, -0.2) is 0 Å². The molecule has 3 unspecified atom stereocenters. The second-order valence-electron chi connectivity index (χ2n) is 5.96. The molecule has 0 spiro atoms. The number of carboxylic acid groups (broad SMARTS) is 2. The van der Waals surface area contributed by atoms with Crippen LogP contribution in [0.15, 0.2) is 0 Å². The summed E-state index contributed by atoms with van der Waals surface area (Å²) in [5.74, 6) is -5.89. The zero-order valence-electron chi connectivity index (χ0n) is 15.4. The van der Waals surface area contributed by atoms with Gasteiger partial charge in [0, 0.05) is 18.6 Å². The number of carbonyl (C=O) groups is 6. The lowest BCUT2D eigenvalue weighted by atomic mass is 10.1. The van der Waals surface area contributed by atoms with Crippen LogP contribution in [-0.2, 0) is 28.8 Å². The highest BCUT2D eigenvalue weighted by molar-refractivity contribution is 7.80. The summed E-state index contributed by atoms with van der Waals surface area (Å²) in [6.45, 7) is -0.674. The van der Waals surface area contributed by atoms with Gasteiger partial charge in [-0.2, -0.15) is 12.6 Å². The van der Waals surface area contributed by atoms with Gasteiger partial charge in [-0.15, -0.1) is 0 Å². The summed E-state index contributed by atoms with van der Waals surface area (Å²) in [6, 6.07) is -3.73. The largest absolute Gasteiger partial charge is 0.481 e. The molecule has 29 heavy (non-hydrogen) atoms. The van der Waals surface area contributed by atoms with Gasteiger partial charge >= 0.3 is 11.9 Å². The maximum absolute atomic E-state index is 12.4. The van der Waals surface area contributed by atoms with E-state index < -0.39 is 66.7 Å².